The van der Waals surface area contributed by atoms with E-state index in [1.807, 2.05) is 19.1 Å². The van der Waals surface area contributed by atoms with Gasteiger partial charge in [-0.05, 0) is 49.2 Å². The summed E-state index contributed by atoms with van der Waals surface area (Å²) in [6.07, 6.45) is 0.776. The Labute approximate surface area is 122 Å². The van der Waals surface area contributed by atoms with Gasteiger partial charge in [-0.1, -0.05) is 23.7 Å². The molecule has 1 N–H and O–H groups in total. The first-order valence-corrected chi connectivity index (χ1v) is 6.67. The molecule has 1 unspecified atom stereocenters. The largest absolute Gasteiger partial charge is 0.382 e. The maximum atomic E-state index is 12.8. The first-order valence-electron chi connectivity index (χ1n) is 6.29. The normalized spacial score (nSPS) is 11.7. The number of nitrogens with one attached hydrogen (secondary N) is 1. The Hall–Kier alpha value is -2.05. The summed E-state index contributed by atoms with van der Waals surface area (Å²) in [5.74, 6) is -0.228. The molecule has 102 valence electrons. The molecule has 2 aromatic carbocycles. The quantitative estimate of drug-likeness (QED) is 0.905. The lowest BCUT2D eigenvalue weighted by atomic mass is 10.1. The van der Waals surface area contributed by atoms with Crippen LogP contribution in [0.3, 0.4) is 0 Å². The van der Waals surface area contributed by atoms with Crippen molar-refractivity contribution in [1.82, 2.24) is 0 Å². The summed E-state index contributed by atoms with van der Waals surface area (Å²) in [6, 6.07) is 13.9. The predicted molar refractivity (Wildman–Crippen MR) is 79.4 cm³/mol. The summed E-state index contributed by atoms with van der Waals surface area (Å²) in [5, 5.41) is 12.6. The van der Waals surface area contributed by atoms with Crippen molar-refractivity contribution in [2.75, 3.05) is 5.32 Å². The third-order valence-electron chi connectivity index (χ3n) is 2.96. The summed E-state index contributed by atoms with van der Waals surface area (Å²) in [6.45, 7) is 2.04. The number of anilines is 1. The molecule has 20 heavy (non-hydrogen) atoms. The second-order valence-corrected chi connectivity index (χ2v) is 5.09. The van der Waals surface area contributed by atoms with Crippen LogP contribution in [0.2, 0.25) is 5.02 Å². The van der Waals surface area contributed by atoms with Gasteiger partial charge in [-0.2, -0.15) is 5.26 Å². The molecule has 0 amide bonds. The van der Waals surface area contributed by atoms with Crippen LogP contribution in [0.1, 0.15) is 18.1 Å². The molecule has 0 radical (unpaired) electrons. The van der Waals surface area contributed by atoms with Crippen LogP contribution in [0.4, 0.5) is 10.1 Å². The third kappa shape index (κ3) is 3.72. The molecule has 2 aromatic rings. The molecule has 0 bridgehead atoms. The second-order valence-electron chi connectivity index (χ2n) is 4.68. The van der Waals surface area contributed by atoms with Gasteiger partial charge in [-0.25, -0.2) is 4.39 Å². The molecule has 0 aromatic heterocycles. The number of halogens is 2. The number of benzene rings is 2. The van der Waals surface area contributed by atoms with Gasteiger partial charge in [-0.3, -0.25) is 0 Å². The van der Waals surface area contributed by atoms with Crippen LogP contribution in [0, 0.1) is 17.1 Å². The van der Waals surface area contributed by atoms with Gasteiger partial charge < -0.3 is 5.32 Å². The SMILES string of the molecule is CC(Cc1ccc(F)cc1)Nc1ccc(C#N)c(Cl)c1. The van der Waals surface area contributed by atoms with Crippen molar-refractivity contribution in [3.05, 3.63) is 64.4 Å². The molecule has 0 fully saturated rings. The molecule has 1 atom stereocenters. The van der Waals surface area contributed by atoms with E-state index in [1.54, 1.807) is 24.3 Å². The summed E-state index contributed by atoms with van der Waals surface area (Å²) >= 11 is 5.99. The van der Waals surface area contributed by atoms with Gasteiger partial charge in [0.1, 0.15) is 11.9 Å². The Kier molecular flexibility index (Phi) is 4.60. The molecule has 0 heterocycles. The maximum Gasteiger partial charge on any atom is 0.123 e. The van der Waals surface area contributed by atoms with E-state index in [1.165, 1.54) is 12.1 Å². The monoisotopic (exact) mass is 288 g/mol. The zero-order chi connectivity index (χ0) is 14.5. The average Bonchev–Trinajstić information content (AvgIpc) is 2.41. The number of hydrogen-bond acceptors (Lipinski definition) is 2. The molecule has 0 aliphatic rings. The fourth-order valence-corrected chi connectivity index (χ4v) is 2.23. The highest BCUT2D eigenvalue weighted by atomic mass is 35.5. The topological polar surface area (TPSA) is 35.8 Å². The molecule has 0 aliphatic heterocycles. The number of hydrogen-bond donors (Lipinski definition) is 1. The maximum absolute atomic E-state index is 12.8. The zero-order valence-electron chi connectivity index (χ0n) is 11.0. The molecule has 2 rings (SSSR count). The van der Waals surface area contributed by atoms with Gasteiger partial charge in [0.25, 0.3) is 0 Å². The Balaban J connectivity index is 2.01. The van der Waals surface area contributed by atoms with Crippen LogP contribution in [-0.4, -0.2) is 6.04 Å². The lowest BCUT2D eigenvalue weighted by Gasteiger charge is -2.15. The van der Waals surface area contributed by atoms with E-state index in [0.29, 0.717) is 10.6 Å². The van der Waals surface area contributed by atoms with E-state index in [-0.39, 0.29) is 11.9 Å². The first kappa shape index (κ1) is 14.4. The fourth-order valence-electron chi connectivity index (χ4n) is 2.01. The van der Waals surface area contributed by atoms with Gasteiger partial charge in [0.05, 0.1) is 10.6 Å². The highest BCUT2D eigenvalue weighted by molar-refractivity contribution is 6.32. The van der Waals surface area contributed by atoms with Gasteiger partial charge in [-0.15, -0.1) is 0 Å². The van der Waals surface area contributed by atoms with Crippen molar-refractivity contribution < 1.29 is 4.39 Å². The van der Waals surface area contributed by atoms with Crippen LogP contribution < -0.4 is 5.32 Å². The van der Waals surface area contributed by atoms with Crippen molar-refractivity contribution in [3.63, 3.8) is 0 Å². The standard InChI is InChI=1S/C16H14ClFN2/c1-11(8-12-2-5-14(18)6-3-12)20-15-7-4-13(10-19)16(17)9-15/h2-7,9,11,20H,8H2,1H3. The molecule has 0 saturated carbocycles. The smallest absolute Gasteiger partial charge is 0.123 e. The Morgan fingerprint density at radius 2 is 1.95 bits per heavy atom. The fraction of sp³-hybridized carbons (Fsp3) is 0.188. The lowest BCUT2D eigenvalue weighted by Crippen LogP contribution is -2.18. The van der Waals surface area contributed by atoms with Crippen molar-refractivity contribution >= 4 is 17.3 Å². The van der Waals surface area contributed by atoms with Gasteiger partial charge in [0.2, 0.25) is 0 Å². The highest BCUT2D eigenvalue weighted by Gasteiger charge is 2.06. The predicted octanol–water partition coefficient (Wildman–Crippen LogP) is 4.39. The van der Waals surface area contributed by atoms with Crippen molar-refractivity contribution in [1.29, 1.82) is 5.26 Å². The molecular weight excluding hydrogens is 275 g/mol. The lowest BCUT2D eigenvalue weighted by molar-refractivity contribution is 0.626. The third-order valence-corrected chi connectivity index (χ3v) is 3.27. The van der Waals surface area contributed by atoms with Gasteiger partial charge >= 0.3 is 0 Å². The van der Waals surface area contributed by atoms with Gasteiger partial charge in [0.15, 0.2) is 0 Å². The zero-order valence-corrected chi connectivity index (χ0v) is 11.8. The Bertz CT molecular complexity index is 632. The molecular formula is C16H14ClFN2. The summed E-state index contributed by atoms with van der Waals surface area (Å²) in [5.41, 5.74) is 2.39. The minimum absolute atomic E-state index is 0.171. The molecule has 0 spiro atoms. The van der Waals surface area contributed by atoms with Gasteiger partial charge in [0, 0.05) is 11.7 Å². The van der Waals surface area contributed by atoms with E-state index >= 15 is 0 Å². The Morgan fingerprint density at radius 3 is 2.55 bits per heavy atom. The second kappa shape index (κ2) is 6.40. The number of rotatable bonds is 4. The van der Waals surface area contributed by atoms with Crippen molar-refractivity contribution in [3.8, 4) is 6.07 Å². The van der Waals surface area contributed by atoms with Crippen LogP contribution in [0.15, 0.2) is 42.5 Å². The van der Waals surface area contributed by atoms with Crippen LogP contribution >= 0.6 is 11.6 Å². The van der Waals surface area contributed by atoms with Crippen molar-refractivity contribution in [2.24, 2.45) is 0 Å². The number of nitriles is 1. The highest BCUT2D eigenvalue weighted by Crippen LogP contribution is 2.21. The summed E-state index contributed by atoms with van der Waals surface area (Å²) in [7, 11) is 0. The first-order chi connectivity index (χ1) is 9.58. The van der Waals surface area contributed by atoms with Crippen LogP contribution in [0.25, 0.3) is 0 Å². The van der Waals surface area contributed by atoms with E-state index in [9.17, 15) is 4.39 Å². The summed E-state index contributed by atoms with van der Waals surface area (Å²) in [4.78, 5) is 0. The average molecular weight is 289 g/mol. The van der Waals surface area contributed by atoms with E-state index < -0.39 is 0 Å². The minimum Gasteiger partial charge on any atom is -0.382 e. The van der Waals surface area contributed by atoms with Crippen molar-refractivity contribution in [2.45, 2.75) is 19.4 Å². The molecule has 0 saturated heterocycles. The number of nitrogens with zero attached hydrogens (tertiary/aromatic N) is 1. The minimum atomic E-state index is -0.228. The molecule has 4 heteroatoms. The van der Waals surface area contributed by atoms with E-state index in [0.717, 1.165) is 17.7 Å². The summed E-state index contributed by atoms with van der Waals surface area (Å²) < 4.78 is 12.8. The molecule has 2 nitrogen and oxygen atoms in total. The van der Waals surface area contributed by atoms with E-state index in [4.69, 9.17) is 16.9 Å². The Morgan fingerprint density at radius 1 is 1.25 bits per heavy atom. The van der Waals surface area contributed by atoms with E-state index in [2.05, 4.69) is 5.32 Å². The van der Waals surface area contributed by atoms with Crippen LogP contribution in [0.5, 0.6) is 0 Å². The molecule has 0 aliphatic carbocycles. The van der Waals surface area contributed by atoms with Crippen LogP contribution in [-0.2, 0) is 6.42 Å².